The van der Waals surface area contributed by atoms with Gasteiger partial charge in [-0.1, -0.05) is 62.7 Å². The van der Waals surface area contributed by atoms with Crippen molar-refractivity contribution in [3.63, 3.8) is 0 Å². The third-order valence-corrected chi connectivity index (χ3v) is 6.62. The van der Waals surface area contributed by atoms with E-state index in [2.05, 4.69) is 66.3 Å². The van der Waals surface area contributed by atoms with Crippen molar-refractivity contribution in [3.05, 3.63) is 63.9 Å². The first-order chi connectivity index (χ1) is 12.8. The smallest absolute Gasteiger partial charge is 0.184 e. The highest BCUT2D eigenvalue weighted by molar-refractivity contribution is 8.93. The van der Waals surface area contributed by atoms with Crippen LogP contribution in [-0.2, 0) is 12.0 Å². The molecule has 1 saturated carbocycles. The van der Waals surface area contributed by atoms with Crippen LogP contribution in [0.3, 0.4) is 0 Å². The predicted octanol–water partition coefficient (Wildman–Crippen LogP) is 6.47. The number of aromatic nitrogens is 1. The number of halogens is 1. The lowest BCUT2D eigenvalue weighted by Crippen LogP contribution is -2.39. The highest BCUT2D eigenvalue weighted by Crippen LogP contribution is 2.49. The van der Waals surface area contributed by atoms with Gasteiger partial charge < -0.3 is 4.57 Å². The van der Waals surface area contributed by atoms with Gasteiger partial charge in [-0.3, -0.25) is 4.99 Å². The van der Waals surface area contributed by atoms with Gasteiger partial charge in [0.25, 0.3) is 0 Å². The Morgan fingerprint density at radius 3 is 2.48 bits per heavy atom. The minimum Gasteiger partial charge on any atom is -0.320 e. The van der Waals surface area contributed by atoms with Gasteiger partial charge in [0.05, 0.1) is 0 Å². The van der Waals surface area contributed by atoms with Crippen LogP contribution in [0.4, 0.5) is 0 Å². The molecule has 4 rings (SSSR count). The third kappa shape index (κ3) is 3.66. The fourth-order valence-corrected chi connectivity index (χ4v) is 5.24. The van der Waals surface area contributed by atoms with Crippen LogP contribution in [0, 0.1) is 0 Å². The summed E-state index contributed by atoms with van der Waals surface area (Å²) in [6, 6.07) is 15.8. The second-order valence-electron chi connectivity index (χ2n) is 7.43. The minimum atomic E-state index is 0. The maximum atomic E-state index is 4.86. The largest absolute Gasteiger partial charge is 0.320 e. The summed E-state index contributed by atoms with van der Waals surface area (Å²) in [6.07, 6.45) is 6.07. The molecule has 0 bridgehead atoms. The molecule has 0 unspecified atom stereocenters. The van der Waals surface area contributed by atoms with Crippen LogP contribution < -0.4 is 4.80 Å². The summed E-state index contributed by atoms with van der Waals surface area (Å²) in [6.45, 7) is 6.45. The number of benzene rings is 2. The molecule has 0 aliphatic heterocycles. The molecule has 0 saturated heterocycles. The molecular weight excluding hydrogens is 416 g/mol. The van der Waals surface area contributed by atoms with Crippen molar-refractivity contribution in [2.24, 2.45) is 4.99 Å². The molecule has 1 aliphatic rings. The van der Waals surface area contributed by atoms with Crippen LogP contribution in [0.5, 0.6) is 0 Å². The average molecular weight is 445 g/mol. The zero-order chi connectivity index (χ0) is 18.0. The molecule has 2 nitrogen and oxygen atoms in total. The molecule has 1 aliphatic carbocycles. The summed E-state index contributed by atoms with van der Waals surface area (Å²) >= 11 is 1.83. The zero-order valence-electron chi connectivity index (χ0n) is 16.3. The molecule has 2 aromatic carbocycles. The van der Waals surface area contributed by atoms with Gasteiger partial charge in [-0.15, -0.1) is 28.3 Å². The maximum Gasteiger partial charge on any atom is 0.184 e. The van der Waals surface area contributed by atoms with E-state index in [-0.39, 0.29) is 22.4 Å². The fourth-order valence-electron chi connectivity index (χ4n) is 4.19. The molecule has 0 amide bonds. The van der Waals surface area contributed by atoms with Gasteiger partial charge in [0.2, 0.25) is 0 Å². The molecule has 4 heteroatoms. The van der Waals surface area contributed by atoms with Crippen molar-refractivity contribution < 1.29 is 0 Å². The molecule has 1 aromatic heterocycles. The Hall–Kier alpha value is -1.39. The highest BCUT2D eigenvalue weighted by Gasteiger charge is 2.42. The van der Waals surface area contributed by atoms with Crippen molar-refractivity contribution in [2.45, 2.75) is 57.9 Å². The Morgan fingerprint density at radius 1 is 1.04 bits per heavy atom. The molecule has 27 heavy (non-hydrogen) atoms. The summed E-state index contributed by atoms with van der Waals surface area (Å²) in [5, 5.41) is 5.07. The first-order valence-corrected chi connectivity index (χ1v) is 10.8. The van der Waals surface area contributed by atoms with Crippen LogP contribution in [0.2, 0.25) is 0 Å². The molecule has 1 fully saturated rings. The summed E-state index contributed by atoms with van der Waals surface area (Å²) < 4.78 is 2.51. The van der Waals surface area contributed by atoms with E-state index in [1.165, 1.54) is 46.1 Å². The van der Waals surface area contributed by atoms with E-state index in [4.69, 9.17) is 4.99 Å². The molecule has 144 valence electrons. The van der Waals surface area contributed by atoms with Gasteiger partial charge in [0.15, 0.2) is 4.80 Å². The minimum absolute atomic E-state index is 0. The van der Waals surface area contributed by atoms with Crippen molar-refractivity contribution in [1.29, 1.82) is 0 Å². The van der Waals surface area contributed by atoms with E-state index in [0.717, 1.165) is 25.9 Å². The lowest BCUT2D eigenvalue weighted by molar-refractivity contribution is 0.282. The Morgan fingerprint density at radius 2 is 1.81 bits per heavy atom. The van der Waals surface area contributed by atoms with Crippen molar-refractivity contribution in [2.75, 3.05) is 6.54 Å². The quantitative estimate of drug-likeness (QED) is 0.414. The SMILES string of the molecule is Br.CCCN=c1scc(C2(c3ccc4ccccc4c3)CCC2)n1CCC. The Labute approximate surface area is 176 Å². The first kappa shape index (κ1) is 20.3. The van der Waals surface area contributed by atoms with Crippen LogP contribution in [-0.4, -0.2) is 11.1 Å². The lowest BCUT2D eigenvalue weighted by Gasteiger charge is -2.43. The summed E-state index contributed by atoms with van der Waals surface area (Å²) in [4.78, 5) is 6.07. The normalized spacial score (nSPS) is 16.1. The van der Waals surface area contributed by atoms with Crippen molar-refractivity contribution >= 4 is 39.1 Å². The molecular formula is C23H29BrN2S. The van der Waals surface area contributed by atoms with Crippen molar-refractivity contribution in [3.8, 4) is 0 Å². The van der Waals surface area contributed by atoms with E-state index in [1.807, 2.05) is 11.3 Å². The Kier molecular flexibility index (Phi) is 6.59. The topological polar surface area (TPSA) is 17.3 Å². The van der Waals surface area contributed by atoms with Crippen LogP contribution >= 0.6 is 28.3 Å². The van der Waals surface area contributed by atoms with Crippen LogP contribution in [0.1, 0.15) is 57.2 Å². The second kappa shape index (κ2) is 8.74. The van der Waals surface area contributed by atoms with E-state index < -0.39 is 0 Å². The number of hydrogen-bond donors (Lipinski definition) is 0. The summed E-state index contributed by atoms with van der Waals surface area (Å²) in [7, 11) is 0. The van der Waals surface area contributed by atoms with Crippen LogP contribution in [0.15, 0.2) is 52.8 Å². The Bertz CT molecular complexity index is 966. The average Bonchev–Trinajstić information content (AvgIpc) is 3.02. The summed E-state index contributed by atoms with van der Waals surface area (Å²) in [5.41, 5.74) is 3.14. The van der Waals surface area contributed by atoms with Gasteiger partial charge in [-0.05, 0) is 42.0 Å². The summed E-state index contributed by atoms with van der Waals surface area (Å²) in [5.74, 6) is 0. The monoisotopic (exact) mass is 444 g/mol. The second-order valence-corrected chi connectivity index (χ2v) is 8.27. The van der Waals surface area contributed by atoms with E-state index in [1.54, 1.807) is 0 Å². The van der Waals surface area contributed by atoms with Crippen molar-refractivity contribution in [1.82, 2.24) is 4.57 Å². The number of hydrogen-bond acceptors (Lipinski definition) is 2. The van der Waals surface area contributed by atoms with E-state index >= 15 is 0 Å². The molecule has 0 radical (unpaired) electrons. The maximum absolute atomic E-state index is 4.86. The lowest BCUT2D eigenvalue weighted by atomic mass is 9.62. The standard InChI is InChI=1S/C23H28N2S.BrH/c1-3-14-24-22-25(15-4-2)21(17-26-22)23(12-7-13-23)20-11-10-18-8-5-6-9-19(18)16-20;/h5-6,8-11,16-17H,3-4,7,12-15H2,1-2H3;1H. The number of thiazole rings is 1. The van der Waals surface area contributed by atoms with Gasteiger partial charge in [0, 0.05) is 29.6 Å². The molecule has 3 aromatic rings. The van der Waals surface area contributed by atoms with Gasteiger partial charge >= 0.3 is 0 Å². The van der Waals surface area contributed by atoms with E-state index in [0.29, 0.717) is 0 Å². The predicted molar refractivity (Wildman–Crippen MR) is 122 cm³/mol. The number of rotatable bonds is 6. The van der Waals surface area contributed by atoms with Crippen LogP contribution in [0.25, 0.3) is 10.8 Å². The fraction of sp³-hybridized carbons (Fsp3) is 0.435. The number of fused-ring (bicyclic) bond motifs is 1. The highest BCUT2D eigenvalue weighted by atomic mass is 79.9. The zero-order valence-corrected chi connectivity index (χ0v) is 18.8. The molecule has 0 N–H and O–H groups in total. The molecule has 0 spiro atoms. The van der Waals surface area contributed by atoms with Gasteiger partial charge in [-0.25, -0.2) is 0 Å². The number of nitrogens with zero attached hydrogens (tertiary/aromatic N) is 2. The van der Waals surface area contributed by atoms with Gasteiger partial charge in [-0.2, -0.15) is 0 Å². The Balaban J connectivity index is 0.00000210. The molecule has 0 atom stereocenters. The first-order valence-electron chi connectivity index (χ1n) is 9.97. The van der Waals surface area contributed by atoms with Gasteiger partial charge in [0.1, 0.15) is 0 Å². The molecule has 1 heterocycles. The third-order valence-electron chi connectivity index (χ3n) is 5.72. The van der Waals surface area contributed by atoms with E-state index in [9.17, 15) is 0 Å².